The molecule has 0 N–H and O–H groups in total. The van der Waals surface area contributed by atoms with Crippen molar-refractivity contribution in [1.82, 2.24) is 3.97 Å². The van der Waals surface area contributed by atoms with Crippen LogP contribution in [0.2, 0.25) is 6.55 Å². The van der Waals surface area contributed by atoms with Crippen molar-refractivity contribution in [3.05, 3.63) is 158 Å². The summed E-state index contributed by atoms with van der Waals surface area (Å²) in [5.74, 6) is 0. The highest BCUT2D eigenvalue weighted by Gasteiger charge is 2.41. The fraction of sp³-hybridized carbons (Fsp3) is 0.0286. The molecule has 0 aliphatic carbocycles. The molecule has 0 unspecified atom stereocenters. The Kier molecular flexibility index (Phi) is 6.84. The lowest BCUT2D eigenvalue weighted by atomic mass is 10.0. The Morgan fingerprint density at radius 3 is 1.40 bits per heavy atom. The second kappa shape index (κ2) is 10.6. The van der Waals surface area contributed by atoms with E-state index < -0.39 is 18.1 Å². The van der Waals surface area contributed by atoms with E-state index in [9.17, 15) is 8.42 Å². The van der Waals surface area contributed by atoms with Crippen molar-refractivity contribution in [1.29, 1.82) is 0 Å². The first-order valence-corrected chi connectivity index (χ1v) is 17.2. The Morgan fingerprint density at radius 2 is 0.925 bits per heavy atom. The number of aromatic nitrogens is 1. The molecule has 40 heavy (non-hydrogen) atoms. The third-order valence-electron chi connectivity index (χ3n) is 7.59. The van der Waals surface area contributed by atoms with Gasteiger partial charge in [-0.2, -0.15) is 0 Å². The first-order chi connectivity index (χ1) is 19.5. The molecule has 1 aromatic heterocycles. The zero-order chi connectivity index (χ0) is 27.6. The van der Waals surface area contributed by atoms with E-state index in [2.05, 4.69) is 49.0 Å². The minimum Gasteiger partial charge on any atom is -0.241 e. The summed E-state index contributed by atoms with van der Waals surface area (Å²) in [5, 5.41) is 3.09. The topological polar surface area (TPSA) is 39.1 Å². The highest BCUT2D eigenvalue weighted by atomic mass is 32.2. The summed E-state index contributed by atoms with van der Waals surface area (Å²) in [5.41, 5.74) is 3.40. The minimum atomic E-state index is -3.98. The lowest BCUT2D eigenvalue weighted by molar-refractivity contribution is 0.589. The molecule has 0 spiro atoms. The Hall–Kier alpha value is -4.45. The van der Waals surface area contributed by atoms with Crippen LogP contribution in [0.25, 0.3) is 22.4 Å². The van der Waals surface area contributed by atoms with Gasteiger partial charge < -0.3 is 0 Å². The fourth-order valence-corrected chi connectivity index (χ4v) is 11.5. The number of rotatable bonds is 7. The lowest BCUT2D eigenvalue weighted by Gasteiger charge is -2.30. The maximum absolute atomic E-state index is 14.8. The second-order valence-corrected chi connectivity index (χ2v) is 15.7. The molecule has 0 fully saturated rings. The molecule has 6 rings (SSSR count). The van der Waals surface area contributed by atoms with Crippen molar-refractivity contribution < 1.29 is 8.42 Å². The van der Waals surface area contributed by atoms with Crippen LogP contribution in [0.15, 0.2) is 163 Å². The average Bonchev–Trinajstić information content (AvgIpc) is 3.45. The summed E-state index contributed by atoms with van der Waals surface area (Å²) in [6, 6.07) is 51.6. The van der Waals surface area contributed by atoms with Crippen LogP contribution < -0.4 is 15.7 Å². The van der Waals surface area contributed by atoms with Gasteiger partial charge in [0.05, 0.1) is 10.6 Å². The van der Waals surface area contributed by atoms with E-state index >= 15 is 0 Å². The normalized spacial score (nSPS) is 11.8. The van der Waals surface area contributed by atoms with Gasteiger partial charge in [-0.05, 0) is 39.7 Å². The van der Waals surface area contributed by atoms with Gasteiger partial charge in [-0.3, -0.25) is 0 Å². The number of benzene rings is 5. The van der Waals surface area contributed by atoms with Gasteiger partial charge in [0.2, 0.25) is 0 Å². The first kappa shape index (κ1) is 25.8. The summed E-state index contributed by atoms with van der Waals surface area (Å²) in [4.78, 5) is 0.265. The van der Waals surface area contributed by atoms with E-state index in [1.54, 1.807) is 28.2 Å². The van der Waals surface area contributed by atoms with E-state index in [0.29, 0.717) is 5.69 Å². The third kappa shape index (κ3) is 4.43. The van der Waals surface area contributed by atoms with Gasteiger partial charge in [0.25, 0.3) is 10.0 Å². The molecule has 0 saturated heterocycles. The summed E-state index contributed by atoms with van der Waals surface area (Å²) >= 11 is 0. The summed E-state index contributed by atoms with van der Waals surface area (Å²) in [7, 11) is -6.84. The summed E-state index contributed by atoms with van der Waals surface area (Å²) < 4.78 is 31.2. The average molecular weight is 556 g/mol. The van der Waals surface area contributed by atoms with Gasteiger partial charge in [0, 0.05) is 10.9 Å². The van der Waals surface area contributed by atoms with E-state index in [4.69, 9.17) is 0 Å². The highest BCUT2D eigenvalue weighted by Crippen LogP contribution is 2.36. The van der Waals surface area contributed by atoms with E-state index in [1.807, 2.05) is 91.0 Å². The van der Waals surface area contributed by atoms with Crippen LogP contribution in [-0.2, 0) is 10.0 Å². The van der Waals surface area contributed by atoms with Crippen molar-refractivity contribution in [3.63, 3.8) is 0 Å². The molecule has 0 saturated carbocycles. The molecule has 0 radical (unpaired) electrons. The molecule has 196 valence electrons. The van der Waals surface area contributed by atoms with Crippen LogP contribution in [-0.4, -0.2) is 20.5 Å². The molecule has 5 aromatic carbocycles. The first-order valence-electron chi connectivity index (χ1n) is 13.3. The second-order valence-electron chi connectivity index (χ2n) is 9.96. The van der Waals surface area contributed by atoms with Crippen LogP contribution in [0.5, 0.6) is 0 Å². The van der Waals surface area contributed by atoms with Gasteiger partial charge in [0.15, 0.2) is 8.07 Å². The van der Waals surface area contributed by atoms with Crippen LogP contribution in [0, 0.1) is 0 Å². The molecule has 0 aliphatic rings. The molecule has 0 atom stereocenters. The Bertz CT molecular complexity index is 1800. The van der Waals surface area contributed by atoms with Crippen molar-refractivity contribution >= 4 is 33.8 Å². The van der Waals surface area contributed by atoms with Crippen LogP contribution in [0.3, 0.4) is 0 Å². The van der Waals surface area contributed by atoms with Crippen LogP contribution in [0.1, 0.15) is 0 Å². The molecule has 3 nitrogen and oxygen atoms in total. The quantitative estimate of drug-likeness (QED) is 0.221. The third-order valence-corrected chi connectivity index (χ3v) is 13.8. The molecule has 6 aromatic rings. The zero-order valence-corrected chi connectivity index (χ0v) is 24.0. The molecular formula is C35H29NO2SSi. The predicted octanol–water partition coefficient (Wildman–Crippen LogP) is 6.16. The smallest absolute Gasteiger partial charge is 0.241 e. The monoisotopic (exact) mass is 555 g/mol. The van der Waals surface area contributed by atoms with Crippen molar-refractivity contribution in [2.45, 2.75) is 11.4 Å². The molecular weight excluding hydrogens is 527 g/mol. The number of nitrogens with zero attached hydrogens (tertiary/aromatic N) is 1. The standard InChI is InChI=1S/C35H29NO2SSi/c1-40(31-23-13-5-14-24-31,32-25-15-6-16-26-32)34-27-33(28-17-7-2-8-18-28)35(29-19-9-3-10-20-29)36(34)39(37,38)30-21-11-4-12-22-30/h2-27H,1H3. The van der Waals surface area contributed by atoms with E-state index in [1.165, 1.54) is 0 Å². The lowest BCUT2D eigenvalue weighted by Crippen LogP contribution is -2.67. The molecule has 5 heteroatoms. The minimum absolute atomic E-state index is 0.265. The van der Waals surface area contributed by atoms with Crippen molar-refractivity contribution in [3.8, 4) is 22.4 Å². The Balaban J connectivity index is 1.80. The Morgan fingerprint density at radius 1 is 0.525 bits per heavy atom. The molecule has 0 aliphatic heterocycles. The summed E-state index contributed by atoms with van der Waals surface area (Å²) in [6.45, 7) is 2.26. The highest BCUT2D eigenvalue weighted by molar-refractivity contribution is 7.90. The Labute approximate surface area is 237 Å². The van der Waals surface area contributed by atoms with Gasteiger partial charge in [0.1, 0.15) is 0 Å². The maximum atomic E-state index is 14.8. The van der Waals surface area contributed by atoms with Crippen molar-refractivity contribution in [2.75, 3.05) is 0 Å². The maximum Gasteiger partial charge on any atom is 0.268 e. The van der Waals surface area contributed by atoms with Gasteiger partial charge >= 0.3 is 0 Å². The molecule has 0 bridgehead atoms. The number of hydrogen-bond acceptors (Lipinski definition) is 2. The van der Waals surface area contributed by atoms with Gasteiger partial charge in [-0.1, -0.05) is 146 Å². The molecule has 0 amide bonds. The van der Waals surface area contributed by atoms with Crippen LogP contribution in [0.4, 0.5) is 0 Å². The van der Waals surface area contributed by atoms with Crippen LogP contribution >= 0.6 is 0 Å². The van der Waals surface area contributed by atoms with E-state index in [0.717, 1.165) is 32.4 Å². The predicted molar refractivity (Wildman–Crippen MR) is 168 cm³/mol. The SMILES string of the molecule is C[Si](c1ccccc1)(c1ccccc1)c1cc(-c2ccccc2)c(-c2ccccc2)n1S(=O)(=O)c1ccccc1. The van der Waals surface area contributed by atoms with E-state index in [-0.39, 0.29) is 4.90 Å². The fourth-order valence-electron chi connectivity index (χ4n) is 5.50. The number of hydrogen-bond donors (Lipinski definition) is 0. The molecule has 1 heterocycles. The zero-order valence-electron chi connectivity index (χ0n) is 22.2. The summed E-state index contributed by atoms with van der Waals surface area (Å²) in [6.07, 6.45) is 0. The largest absolute Gasteiger partial charge is 0.268 e. The van der Waals surface area contributed by atoms with Gasteiger partial charge in [-0.15, -0.1) is 0 Å². The van der Waals surface area contributed by atoms with Gasteiger partial charge in [-0.25, -0.2) is 12.4 Å². The van der Waals surface area contributed by atoms with Crippen molar-refractivity contribution in [2.24, 2.45) is 0 Å².